The van der Waals surface area contributed by atoms with Crippen molar-refractivity contribution in [1.82, 2.24) is 4.98 Å². The summed E-state index contributed by atoms with van der Waals surface area (Å²) < 4.78 is 25.9. The number of aromatic nitrogens is 1. The van der Waals surface area contributed by atoms with Crippen molar-refractivity contribution in [3.05, 3.63) is 53.9 Å². The number of nitrogens with zero attached hydrogens (tertiary/aromatic N) is 1. The van der Waals surface area contributed by atoms with Crippen LogP contribution < -0.4 is 0 Å². The third kappa shape index (κ3) is 2.19. The lowest BCUT2D eigenvalue weighted by Crippen LogP contribution is -1.94. The Morgan fingerprint density at radius 2 is 1.94 bits per heavy atom. The first-order valence-corrected chi connectivity index (χ1v) is 5.21. The van der Waals surface area contributed by atoms with E-state index < -0.39 is 5.95 Å². The summed E-state index contributed by atoms with van der Waals surface area (Å²) >= 11 is 5.67. The predicted molar refractivity (Wildman–Crippen MR) is 59.1 cm³/mol. The molecular formula is C12H8ClF2N. The normalized spacial score (nSPS) is 10.4. The lowest BCUT2D eigenvalue weighted by molar-refractivity contribution is 0.580. The Labute approximate surface area is 96.7 Å². The minimum Gasteiger partial charge on any atom is -0.223 e. The summed E-state index contributed by atoms with van der Waals surface area (Å²) in [6.45, 7) is 0. The van der Waals surface area contributed by atoms with E-state index in [4.69, 9.17) is 11.6 Å². The topological polar surface area (TPSA) is 12.9 Å². The number of halogens is 3. The van der Waals surface area contributed by atoms with Gasteiger partial charge in [0, 0.05) is 5.56 Å². The van der Waals surface area contributed by atoms with Crippen LogP contribution in [-0.2, 0) is 5.88 Å². The van der Waals surface area contributed by atoms with E-state index in [-0.39, 0.29) is 11.7 Å². The quantitative estimate of drug-likeness (QED) is 0.574. The van der Waals surface area contributed by atoms with Crippen LogP contribution in [0.3, 0.4) is 0 Å². The van der Waals surface area contributed by atoms with Crippen LogP contribution in [0.2, 0.25) is 0 Å². The van der Waals surface area contributed by atoms with Crippen LogP contribution in [0.4, 0.5) is 8.78 Å². The molecule has 82 valence electrons. The second kappa shape index (κ2) is 4.58. The Balaban J connectivity index is 2.55. The number of hydrogen-bond acceptors (Lipinski definition) is 1. The SMILES string of the molecule is Fc1cccc(-c2ccc(F)nc2CCl)c1. The highest BCUT2D eigenvalue weighted by atomic mass is 35.5. The van der Waals surface area contributed by atoms with Gasteiger partial charge in [0.2, 0.25) is 5.95 Å². The molecule has 16 heavy (non-hydrogen) atoms. The lowest BCUT2D eigenvalue weighted by atomic mass is 10.0. The largest absolute Gasteiger partial charge is 0.223 e. The van der Waals surface area contributed by atoms with Crippen molar-refractivity contribution in [2.24, 2.45) is 0 Å². The molecule has 0 unspecified atom stereocenters. The first-order valence-electron chi connectivity index (χ1n) is 4.68. The van der Waals surface area contributed by atoms with Gasteiger partial charge >= 0.3 is 0 Å². The molecule has 0 aliphatic rings. The Hall–Kier alpha value is -1.48. The molecule has 0 saturated heterocycles. The Morgan fingerprint density at radius 1 is 1.12 bits per heavy atom. The van der Waals surface area contributed by atoms with Crippen molar-refractivity contribution in [3.63, 3.8) is 0 Å². The average molecular weight is 240 g/mol. The summed E-state index contributed by atoms with van der Waals surface area (Å²) in [5.41, 5.74) is 1.70. The highest BCUT2D eigenvalue weighted by molar-refractivity contribution is 6.17. The van der Waals surface area contributed by atoms with Crippen LogP contribution in [0.25, 0.3) is 11.1 Å². The first kappa shape index (κ1) is 11.0. The van der Waals surface area contributed by atoms with Crippen molar-refractivity contribution >= 4 is 11.6 Å². The number of hydrogen-bond donors (Lipinski definition) is 0. The van der Waals surface area contributed by atoms with Gasteiger partial charge in [-0.25, -0.2) is 9.37 Å². The standard InChI is InChI=1S/C12H8ClF2N/c13-7-11-10(4-5-12(15)16-11)8-2-1-3-9(14)6-8/h1-6H,7H2. The highest BCUT2D eigenvalue weighted by Gasteiger charge is 2.07. The molecule has 0 amide bonds. The molecular weight excluding hydrogens is 232 g/mol. The second-order valence-electron chi connectivity index (χ2n) is 3.27. The Kier molecular flexibility index (Phi) is 3.15. The maximum absolute atomic E-state index is 13.0. The zero-order chi connectivity index (χ0) is 11.5. The second-order valence-corrected chi connectivity index (χ2v) is 3.54. The van der Waals surface area contributed by atoms with E-state index in [1.165, 1.54) is 18.2 Å². The van der Waals surface area contributed by atoms with E-state index >= 15 is 0 Å². The summed E-state index contributed by atoms with van der Waals surface area (Å²) in [7, 11) is 0. The van der Waals surface area contributed by atoms with E-state index in [0.717, 1.165) is 0 Å². The fourth-order valence-corrected chi connectivity index (χ4v) is 1.70. The minimum absolute atomic E-state index is 0.0869. The van der Waals surface area contributed by atoms with Gasteiger partial charge in [0.15, 0.2) is 0 Å². The number of rotatable bonds is 2. The number of pyridine rings is 1. The average Bonchev–Trinajstić information content (AvgIpc) is 2.28. The molecule has 1 aromatic carbocycles. The van der Waals surface area contributed by atoms with Crippen LogP contribution in [0, 0.1) is 11.8 Å². The van der Waals surface area contributed by atoms with E-state index in [1.54, 1.807) is 18.2 Å². The predicted octanol–water partition coefficient (Wildman–Crippen LogP) is 3.77. The molecule has 0 spiro atoms. The van der Waals surface area contributed by atoms with Gasteiger partial charge in [-0.3, -0.25) is 0 Å². The monoisotopic (exact) mass is 239 g/mol. The van der Waals surface area contributed by atoms with Gasteiger partial charge in [-0.1, -0.05) is 12.1 Å². The molecule has 0 aliphatic carbocycles. The molecule has 1 nitrogen and oxygen atoms in total. The van der Waals surface area contributed by atoms with Crippen LogP contribution >= 0.6 is 11.6 Å². The van der Waals surface area contributed by atoms with E-state index in [2.05, 4.69) is 4.98 Å². The van der Waals surface area contributed by atoms with Gasteiger partial charge < -0.3 is 0 Å². The van der Waals surface area contributed by atoms with Gasteiger partial charge in [0.05, 0.1) is 11.6 Å². The zero-order valence-electron chi connectivity index (χ0n) is 8.25. The van der Waals surface area contributed by atoms with Gasteiger partial charge in [0.1, 0.15) is 5.82 Å². The third-order valence-corrected chi connectivity index (χ3v) is 2.46. The molecule has 0 saturated carbocycles. The van der Waals surface area contributed by atoms with E-state index in [9.17, 15) is 8.78 Å². The molecule has 2 rings (SSSR count). The van der Waals surface area contributed by atoms with Crippen LogP contribution in [0.5, 0.6) is 0 Å². The fraction of sp³-hybridized carbons (Fsp3) is 0.0833. The van der Waals surface area contributed by atoms with Gasteiger partial charge in [-0.05, 0) is 29.8 Å². The molecule has 1 heterocycles. The van der Waals surface area contributed by atoms with Crippen molar-refractivity contribution in [2.75, 3.05) is 0 Å². The number of alkyl halides is 1. The fourth-order valence-electron chi connectivity index (χ4n) is 1.50. The molecule has 0 N–H and O–H groups in total. The molecule has 2 aromatic rings. The highest BCUT2D eigenvalue weighted by Crippen LogP contribution is 2.24. The summed E-state index contributed by atoms with van der Waals surface area (Å²) in [5.74, 6) is -0.845. The maximum Gasteiger partial charge on any atom is 0.213 e. The van der Waals surface area contributed by atoms with Crippen molar-refractivity contribution in [1.29, 1.82) is 0 Å². The van der Waals surface area contributed by atoms with Crippen LogP contribution in [-0.4, -0.2) is 4.98 Å². The van der Waals surface area contributed by atoms with Gasteiger partial charge in [-0.2, -0.15) is 4.39 Å². The van der Waals surface area contributed by atoms with E-state index in [1.807, 2.05) is 0 Å². The third-order valence-electron chi connectivity index (χ3n) is 2.20. The maximum atomic E-state index is 13.0. The van der Waals surface area contributed by atoms with Crippen molar-refractivity contribution in [3.8, 4) is 11.1 Å². The molecule has 0 atom stereocenters. The molecule has 0 radical (unpaired) electrons. The van der Waals surface area contributed by atoms with Crippen LogP contribution in [0.15, 0.2) is 36.4 Å². The molecule has 0 aliphatic heterocycles. The van der Waals surface area contributed by atoms with Gasteiger partial charge in [0.25, 0.3) is 0 Å². The number of benzene rings is 1. The smallest absolute Gasteiger partial charge is 0.213 e. The molecule has 0 fully saturated rings. The molecule has 1 aromatic heterocycles. The van der Waals surface area contributed by atoms with Crippen LogP contribution in [0.1, 0.15) is 5.69 Å². The summed E-state index contributed by atoms with van der Waals surface area (Å²) in [6.07, 6.45) is 0. The summed E-state index contributed by atoms with van der Waals surface area (Å²) in [6, 6.07) is 8.82. The molecule has 4 heteroatoms. The minimum atomic E-state index is -0.587. The summed E-state index contributed by atoms with van der Waals surface area (Å²) in [5, 5.41) is 0. The van der Waals surface area contributed by atoms with Crippen molar-refractivity contribution < 1.29 is 8.78 Å². The van der Waals surface area contributed by atoms with Crippen molar-refractivity contribution in [2.45, 2.75) is 5.88 Å². The lowest BCUT2D eigenvalue weighted by Gasteiger charge is -2.06. The Bertz CT molecular complexity index is 514. The van der Waals surface area contributed by atoms with Gasteiger partial charge in [-0.15, -0.1) is 11.6 Å². The molecule has 0 bridgehead atoms. The van der Waals surface area contributed by atoms with E-state index in [0.29, 0.717) is 16.8 Å². The zero-order valence-corrected chi connectivity index (χ0v) is 9.01. The Morgan fingerprint density at radius 3 is 2.62 bits per heavy atom. The first-order chi connectivity index (χ1) is 7.70. The summed E-state index contributed by atoms with van der Waals surface area (Å²) in [4.78, 5) is 3.68.